The van der Waals surface area contributed by atoms with Gasteiger partial charge in [-0.25, -0.2) is 0 Å². The highest BCUT2D eigenvalue weighted by atomic mass is 32.2. The van der Waals surface area contributed by atoms with Crippen LogP contribution in [-0.4, -0.2) is 25.3 Å². The smallest absolute Gasteiger partial charge is 0.264 e. The minimum absolute atomic E-state index is 0.199. The third-order valence-electron chi connectivity index (χ3n) is 5.23. The summed E-state index contributed by atoms with van der Waals surface area (Å²) >= 11 is 1.73. The lowest BCUT2D eigenvalue weighted by Gasteiger charge is -2.20. The lowest BCUT2D eigenvalue weighted by Crippen LogP contribution is -2.37. The Hall–Kier alpha value is -2.35. The van der Waals surface area contributed by atoms with Gasteiger partial charge < -0.3 is 4.90 Å². The van der Waals surface area contributed by atoms with Gasteiger partial charge in [-0.15, -0.1) is 0 Å². The molecule has 0 bridgehead atoms. The fourth-order valence-corrected chi connectivity index (χ4v) is 5.53. The van der Waals surface area contributed by atoms with E-state index in [0.717, 1.165) is 23.0 Å². The summed E-state index contributed by atoms with van der Waals surface area (Å²) in [5, 5.41) is 2.34. The van der Waals surface area contributed by atoms with Crippen LogP contribution in [0.2, 0.25) is 0 Å². The molecule has 7 heteroatoms. The molecule has 0 aliphatic carbocycles. The number of anilines is 1. The maximum absolute atomic E-state index is 11.0. The molecule has 1 aromatic heterocycles. The lowest BCUT2D eigenvalue weighted by molar-refractivity contribution is -0.669. The second-order valence-corrected chi connectivity index (χ2v) is 9.89. The Bertz CT molecular complexity index is 1210. The van der Waals surface area contributed by atoms with Gasteiger partial charge in [0.15, 0.2) is 0 Å². The molecule has 5 nitrogen and oxygen atoms in total. The van der Waals surface area contributed by atoms with E-state index in [9.17, 15) is 8.42 Å². The number of nitrogens with zero attached hydrogens (tertiary/aromatic N) is 2. The zero-order valence-corrected chi connectivity index (χ0v) is 18.5. The predicted octanol–water partition coefficient (Wildman–Crippen LogP) is 4.73. The van der Waals surface area contributed by atoms with Crippen molar-refractivity contribution in [1.29, 1.82) is 0 Å². The fourth-order valence-electron chi connectivity index (χ4n) is 3.83. The first-order chi connectivity index (χ1) is 14.5. The van der Waals surface area contributed by atoms with Crippen molar-refractivity contribution in [2.45, 2.75) is 31.2 Å². The zero-order chi connectivity index (χ0) is 21.1. The molecule has 2 aromatic carbocycles. The Morgan fingerprint density at radius 1 is 1.03 bits per heavy atom. The average molecular weight is 442 g/mol. The second-order valence-electron chi connectivity index (χ2n) is 7.26. The molecule has 3 aromatic rings. The molecule has 0 amide bonds. The number of aryl methyl sites for hydroxylation is 1. The number of benzene rings is 2. The molecule has 0 fully saturated rings. The van der Waals surface area contributed by atoms with Gasteiger partial charge in [0.2, 0.25) is 11.2 Å². The summed E-state index contributed by atoms with van der Waals surface area (Å²) in [6.45, 7) is 3.72. The Balaban J connectivity index is 1.66. The maximum Gasteiger partial charge on any atom is 0.264 e. The minimum Gasteiger partial charge on any atom is -0.335 e. The molecular weight excluding hydrogens is 416 g/mol. The molecule has 1 aliphatic heterocycles. The van der Waals surface area contributed by atoms with Crippen LogP contribution < -0.4 is 9.47 Å². The van der Waals surface area contributed by atoms with Gasteiger partial charge in [0.05, 0.1) is 16.5 Å². The van der Waals surface area contributed by atoms with Crippen molar-refractivity contribution in [3.63, 3.8) is 0 Å². The number of pyridine rings is 1. The second kappa shape index (κ2) is 8.79. The van der Waals surface area contributed by atoms with Crippen molar-refractivity contribution in [1.82, 2.24) is 0 Å². The number of fused-ring (bicyclic) bond motifs is 2. The number of para-hydroxylation sites is 2. The summed E-state index contributed by atoms with van der Waals surface area (Å²) in [7, 11) is -3.91. The molecule has 0 radical (unpaired) electrons. The monoisotopic (exact) mass is 441 g/mol. The van der Waals surface area contributed by atoms with Gasteiger partial charge in [-0.1, -0.05) is 36.0 Å². The standard InChI is InChI=1S/C23H24N2O3S2/c1-2-24-19(14-13-18-9-3-4-10-20(18)24)17-23-25(15-7-8-16-30(26,27)28)21-11-5-6-12-22(21)29-23/h3-6,9-14,17H,2,7-8,15-16H2,1H3/p+1. The van der Waals surface area contributed by atoms with E-state index in [1.54, 1.807) is 11.8 Å². The van der Waals surface area contributed by atoms with Crippen molar-refractivity contribution in [2.75, 3.05) is 17.2 Å². The normalized spacial score (nSPS) is 15.1. The van der Waals surface area contributed by atoms with Crippen LogP contribution >= 0.6 is 11.8 Å². The summed E-state index contributed by atoms with van der Waals surface area (Å²) in [6.07, 6.45) is 3.32. The SMILES string of the molecule is CC[n+]1c(/C=C2/Sc3ccccc3N2CCCCS(=O)(=O)O)ccc2ccccc21. The number of thioether (sulfide) groups is 1. The van der Waals surface area contributed by atoms with Gasteiger partial charge in [-0.2, -0.15) is 13.0 Å². The number of hydrogen-bond donors (Lipinski definition) is 1. The van der Waals surface area contributed by atoms with E-state index >= 15 is 0 Å². The summed E-state index contributed by atoms with van der Waals surface area (Å²) in [6, 6.07) is 21.0. The first-order valence-electron chi connectivity index (χ1n) is 10.1. The molecule has 1 N–H and O–H groups in total. The lowest BCUT2D eigenvalue weighted by atomic mass is 10.2. The van der Waals surface area contributed by atoms with Crippen LogP contribution in [-0.2, 0) is 16.7 Å². The van der Waals surface area contributed by atoms with Crippen LogP contribution in [0.1, 0.15) is 25.5 Å². The van der Waals surface area contributed by atoms with E-state index in [4.69, 9.17) is 4.55 Å². The molecule has 0 saturated carbocycles. The fraction of sp³-hybridized carbons (Fsp3) is 0.261. The maximum atomic E-state index is 11.0. The van der Waals surface area contributed by atoms with Crippen LogP contribution in [0.15, 0.2) is 70.6 Å². The van der Waals surface area contributed by atoms with Crippen LogP contribution in [0.5, 0.6) is 0 Å². The van der Waals surface area contributed by atoms with E-state index in [2.05, 4.69) is 71.0 Å². The van der Waals surface area contributed by atoms with Crippen LogP contribution in [0.3, 0.4) is 0 Å². The van der Waals surface area contributed by atoms with E-state index < -0.39 is 10.1 Å². The zero-order valence-electron chi connectivity index (χ0n) is 16.9. The van der Waals surface area contributed by atoms with Gasteiger partial charge >= 0.3 is 0 Å². The highest BCUT2D eigenvalue weighted by Crippen LogP contribution is 2.46. The van der Waals surface area contributed by atoms with Crippen molar-refractivity contribution in [2.24, 2.45) is 0 Å². The van der Waals surface area contributed by atoms with Crippen LogP contribution in [0, 0.1) is 0 Å². The molecule has 30 heavy (non-hydrogen) atoms. The highest BCUT2D eigenvalue weighted by molar-refractivity contribution is 8.03. The van der Waals surface area contributed by atoms with Gasteiger partial charge in [-0.05, 0) is 44.0 Å². The van der Waals surface area contributed by atoms with Crippen LogP contribution in [0.4, 0.5) is 5.69 Å². The molecule has 1 aliphatic rings. The molecule has 2 heterocycles. The van der Waals surface area contributed by atoms with E-state index in [-0.39, 0.29) is 5.75 Å². The number of aromatic nitrogens is 1. The Morgan fingerprint density at radius 2 is 1.80 bits per heavy atom. The molecule has 0 saturated heterocycles. The van der Waals surface area contributed by atoms with Gasteiger partial charge in [0.25, 0.3) is 10.1 Å². The number of rotatable bonds is 7. The summed E-state index contributed by atoms with van der Waals surface area (Å²) in [5.74, 6) is -0.199. The quantitative estimate of drug-likeness (QED) is 0.326. The first kappa shape index (κ1) is 20.9. The summed E-state index contributed by atoms with van der Waals surface area (Å²) in [5.41, 5.74) is 3.48. The van der Waals surface area contributed by atoms with Crippen molar-refractivity contribution < 1.29 is 17.5 Å². The molecular formula is C23H25N2O3S2+. The van der Waals surface area contributed by atoms with Gasteiger partial charge in [0.1, 0.15) is 6.54 Å². The van der Waals surface area contributed by atoms with E-state index in [1.807, 2.05) is 12.1 Å². The average Bonchev–Trinajstić information content (AvgIpc) is 3.07. The van der Waals surface area contributed by atoms with Crippen molar-refractivity contribution >= 4 is 44.5 Å². The van der Waals surface area contributed by atoms with Crippen molar-refractivity contribution in [3.8, 4) is 0 Å². The summed E-state index contributed by atoms with van der Waals surface area (Å²) in [4.78, 5) is 3.45. The largest absolute Gasteiger partial charge is 0.335 e. The Kier molecular flexibility index (Phi) is 6.13. The minimum atomic E-state index is -3.91. The molecule has 156 valence electrons. The Labute approximate surface area is 181 Å². The third-order valence-corrected chi connectivity index (χ3v) is 7.15. The third kappa shape index (κ3) is 4.53. The number of hydrogen-bond acceptors (Lipinski definition) is 4. The van der Waals surface area contributed by atoms with Crippen LogP contribution in [0.25, 0.3) is 17.0 Å². The van der Waals surface area contributed by atoms with Gasteiger partial charge in [-0.3, -0.25) is 4.55 Å². The van der Waals surface area contributed by atoms with Crippen molar-refractivity contribution in [3.05, 3.63) is 71.4 Å². The highest BCUT2D eigenvalue weighted by Gasteiger charge is 2.26. The predicted molar refractivity (Wildman–Crippen MR) is 123 cm³/mol. The Morgan fingerprint density at radius 3 is 2.60 bits per heavy atom. The molecule has 0 atom stereocenters. The molecule has 0 unspecified atom stereocenters. The summed E-state index contributed by atoms with van der Waals surface area (Å²) < 4.78 is 33.4. The topological polar surface area (TPSA) is 61.5 Å². The molecule has 4 rings (SSSR count). The first-order valence-corrected chi connectivity index (χ1v) is 12.5. The number of unbranched alkanes of at least 4 members (excludes halogenated alkanes) is 1. The van der Waals surface area contributed by atoms with E-state index in [1.165, 1.54) is 15.8 Å². The molecule has 0 spiro atoms. The van der Waals surface area contributed by atoms with E-state index in [0.29, 0.717) is 19.4 Å². The van der Waals surface area contributed by atoms with Gasteiger partial charge in [0, 0.05) is 35.0 Å².